The number of nitrogens with one attached hydrogen (secondary N) is 1. The van der Waals surface area contributed by atoms with E-state index in [4.69, 9.17) is 16.3 Å². The summed E-state index contributed by atoms with van der Waals surface area (Å²) in [5, 5.41) is 7.87. The lowest BCUT2D eigenvalue weighted by atomic mass is 10.1. The van der Waals surface area contributed by atoms with Crippen molar-refractivity contribution < 1.29 is 9.53 Å². The van der Waals surface area contributed by atoms with Crippen molar-refractivity contribution >= 4 is 23.2 Å². The smallest absolute Gasteiger partial charge is 0.257 e. The Kier molecular flexibility index (Phi) is 6.77. The van der Waals surface area contributed by atoms with Crippen molar-refractivity contribution in [3.63, 3.8) is 0 Å². The van der Waals surface area contributed by atoms with Gasteiger partial charge in [0.1, 0.15) is 5.75 Å². The first-order chi connectivity index (χ1) is 15.2. The highest BCUT2D eigenvalue weighted by atomic mass is 35.5. The maximum atomic E-state index is 13.2. The Morgan fingerprint density at radius 3 is 2.55 bits per heavy atom. The molecular formula is C24H27ClN4O2. The van der Waals surface area contributed by atoms with Crippen LogP contribution in [-0.2, 0) is 0 Å². The zero-order valence-corrected chi connectivity index (χ0v) is 18.4. The van der Waals surface area contributed by atoms with Gasteiger partial charge in [0.15, 0.2) is 0 Å². The predicted molar refractivity (Wildman–Crippen MR) is 124 cm³/mol. The van der Waals surface area contributed by atoms with Crippen molar-refractivity contribution in [3.05, 3.63) is 65.3 Å². The molecule has 3 aromatic rings. The lowest BCUT2D eigenvalue weighted by Gasteiger charge is -2.36. The van der Waals surface area contributed by atoms with Crippen LogP contribution in [0.1, 0.15) is 30.1 Å². The third-order valence-electron chi connectivity index (χ3n) is 5.54. The second-order valence-electron chi connectivity index (χ2n) is 7.62. The van der Waals surface area contributed by atoms with E-state index in [0.717, 1.165) is 53.6 Å². The molecule has 0 spiro atoms. The number of carbonyl (C=O) groups excluding carboxylic acids is 1. The molecule has 31 heavy (non-hydrogen) atoms. The number of unbranched alkanes of at least 4 members (excludes halogenated alkanes) is 1. The van der Waals surface area contributed by atoms with Crippen molar-refractivity contribution in [1.82, 2.24) is 15.1 Å². The largest absolute Gasteiger partial charge is 0.494 e. The summed E-state index contributed by atoms with van der Waals surface area (Å²) in [7, 11) is 0. The minimum Gasteiger partial charge on any atom is -0.494 e. The molecule has 0 atom stereocenters. The molecule has 2 heterocycles. The van der Waals surface area contributed by atoms with Gasteiger partial charge in [0.2, 0.25) is 0 Å². The Morgan fingerprint density at radius 2 is 1.84 bits per heavy atom. The number of amides is 1. The fraction of sp³-hybridized carbons (Fsp3) is 0.333. The maximum absolute atomic E-state index is 13.2. The lowest BCUT2D eigenvalue weighted by Crippen LogP contribution is -2.48. The molecule has 0 saturated carbocycles. The van der Waals surface area contributed by atoms with Gasteiger partial charge in [-0.3, -0.25) is 9.89 Å². The van der Waals surface area contributed by atoms with Crippen LogP contribution < -0.4 is 9.64 Å². The minimum atomic E-state index is -0.00849. The quantitative estimate of drug-likeness (QED) is 0.534. The van der Waals surface area contributed by atoms with E-state index in [0.29, 0.717) is 25.3 Å². The first-order valence-corrected chi connectivity index (χ1v) is 11.1. The first kappa shape index (κ1) is 21.2. The molecule has 1 aromatic heterocycles. The van der Waals surface area contributed by atoms with Crippen molar-refractivity contribution in [2.75, 3.05) is 37.7 Å². The number of rotatable bonds is 7. The van der Waals surface area contributed by atoms with Crippen LogP contribution in [0.25, 0.3) is 11.3 Å². The van der Waals surface area contributed by atoms with Gasteiger partial charge >= 0.3 is 0 Å². The zero-order valence-electron chi connectivity index (χ0n) is 17.7. The fourth-order valence-electron chi connectivity index (χ4n) is 3.75. The summed E-state index contributed by atoms with van der Waals surface area (Å²) >= 11 is 6.33. The molecule has 4 rings (SSSR count). The van der Waals surface area contributed by atoms with Crippen LogP contribution in [-0.4, -0.2) is 53.8 Å². The Labute approximate surface area is 187 Å². The molecule has 0 unspecified atom stereocenters. The molecular weight excluding hydrogens is 412 g/mol. The number of ether oxygens (including phenoxy) is 1. The number of hydrogen-bond donors (Lipinski definition) is 1. The van der Waals surface area contributed by atoms with Crippen LogP contribution >= 0.6 is 11.6 Å². The Hall–Kier alpha value is -2.99. The highest BCUT2D eigenvalue weighted by molar-refractivity contribution is 6.33. The summed E-state index contributed by atoms with van der Waals surface area (Å²) in [6.45, 7) is 5.61. The molecule has 1 amide bonds. The molecule has 1 aliphatic heterocycles. The van der Waals surface area contributed by atoms with E-state index in [-0.39, 0.29) is 5.91 Å². The van der Waals surface area contributed by atoms with Crippen molar-refractivity contribution in [2.24, 2.45) is 0 Å². The van der Waals surface area contributed by atoms with Crippen LogP contribution in [0.4, 0.5) is 5.69 Å². The number of aromatic nitrogens is 2. The van der Waals surface area contributed by atoms with Crippen LogP contribution in [0.3, 0.4) is 0 Å². The predicted octanol–water partition coefficient (Wildman–Crippen LogP) is 4.87. The fourth-order valence-corrected chi connectivity index (χ4v) is 4.00. The molecule has 1 aliphatic rings. The van der Waals surface area contributed by atoms with Gasteiger partial charge < -0.3 is 14.5 Å². The van der Waals surface area contributed by atoms with Crippen molar-refractivity contribution in [3.8, 4) is 17.0 Å². The van der Waals surface area contributed by atoms with Crippen LogP contribution in [0.2, 0.25) is 5.02 Å². The third kappa shape index (κ3) is 4.85. The molecule has 1 fully saturated rings. The molecule has 0 radical (unpaired) electrons. The number of nitrogens with zero attached hydrogens (tertiary/aromatic N) is 3. The van der Waals surface area contributed by atoms with Crippen LogP contribution in [0.15, 0.2) is 54.7 Å². The van der Waals surface area contributed by atoms with Gasteiger partial charge in [-0.05, 0) is 42.8 Å². The number of anilines is 1. The van der Waals surface area contributed by atoms with E-state index in [1.165, 1.54) is 0 Å². The van der Waals surface area contributed by atoms with Gasteiger partial charge in [-0.25, -0.2) is 0 Å². The third-order valence-corrected chi connectivity index (χ3v) is 5.86. The van der Waals surface area contributed by atoms with E-state index >= 15 is 0 Å². The SMILES string of the molecule is CCCCOc1ccc(-c2[nH]ncc2C(=O)N2CCN(c3ccccc3Cl)CC2)cc1. The van der Waals surface area contributed by atoms with Gasteiger partial charge in [0, 0.05) is 31.7 Å². The average molecular weight is 439 g/mol. The summed E-state index contributed by atoms with van der Waals surface area (Å²) < 4.78 is 5.73. The zero-order chi connectivity index (χ0) is 21.6. The Bertz CT molecular complexity index is 1010. The molecule has 1 N–H and O–H groups in total. The normalized spacial score (nSPS) is 14.0. The topological polar surface area (TPSA) is 61.5 Å². The standard InChI is InChI=1S/C24H27ClN4O2/c1-2-3-16-31-19-10-8-18(9-11-19)23-20(17-26-27-23)24(30)29-14-12-28(13-15-29)22-7-5-4-6-21(22)25/h4-11,17H,2-3,12-16H2,1H3,(H,26,27). The van der Waals surface area contributed by atoms with Crippen molar-refractivity contribution in [1.29, 1.82) is 0 Å². The first-order valence-electron chi connectivity index (χ1n) is 10.7. The number of carbonyl (C=O) groups is 1. The maximum Gasteiger partial charge on any atom is 0.257 e. The van der Waals surface area contributed by atoms with Gasteiger partial charge in [-0.15, -0.1) is 0 Å². The van der Waals surface area contributed by atoms with Gasteiger partial charge in [-0.2, -0.15) is 5.10 Å². The summed E-state index contributed by atoms with van der Waals surface area (Å²) in [4.78, 5) is 17.3. The molecule has 0 bridgehead atoms. The minimum absolute atomic E-state index is 0.00849. The van der Waals surface area contributed by atoms with Crippen molar-refractivity contribution in [2.45, 2.75) is 19.8 Å². The number of halogens is 1. The van der Waals surface area contributed by atoms with Gasteiger partial charge in [0.25, 0.3) is 5.91 Å². The molecule has 7 heteroatoms. The molecule has 0 aliphatic carbocycles. The van der Waals surface area contributed by atoms with E-state index in [2.05, 4.69) is 22.0 Å². The summed E-state index contributed by atoms with van der Waals surface area (Å²) in [5.41, 5.74) is 3.25. The number of benzene rings is 2. The highest BCUT2D eigenvalue weighted by Gasteiger charge is 2.26. The monoisotopic (exact) mass is 438 g/mol. The second kappa shape index (κ2) is 9.88. The molecule has 6 nitrogen and oxygen atoms in total. The summed E-state index contributed by atoms with van der Waals surface area (Å²) in [6.07, 6.45) is 3.75. The number of para-hydroxylation sites is 1. The number of hydrogen-bond acceptors (Lipinski definition) is 4. The van der Waals surface area contributed by atoms with E-state index in [9.17, 15) is 4.79 Å². The van der Waals surface area contributed by atoms with E-state index in [1.54, 1.807) is 6.20 Å². The number of piperazine rings is 1. The average Bonchev–Trinajstić information content (AvgIpc) is 3.30. The Morgan fingerprint density at radius 1 is 1.10 bits per heavy atom. The summed E-state index contributed by atoms with van der Waals surface area (Å²) in [6, 6.07) is 15.6. The van der Waals surface area contributed by atoms with Crippen LogP contribution in [0.5, 0.6) is 5.75 Å². The van der Waals surface area contributed by atoms with Gasteiger partial charge in [-0.1, -0.05) is 37.1 Å². The van der Waals surface area contributed by atoms with E-state index in [1.807, 2.05) is 53.4 Å². The number of aromatic amines is 1. The van der Waals surface area contributed by atoms with E-state index < -0.39 is 0 Å². The van der Waals surface area contributed by atoms with Gasteiger partial charge in [0.05, 0.1) is 34.8 Å². The van der Waals surface area contributed by atoms with Crippen LogP contribution in [0, 0.1) is 0 Å². The lowest BCUT2D eigenvalue weighted by molar-refractivity contribution is 0.0747. The second-order valence-corrected chi connectivity index (χ2v) is 8.02. The highest BCUT2D eigenvalue weighted by Crippen LogP contribution is 2.28. The molecule has 162 valence electrons. The number of H-pyrrole nitrogens is 1. The molecule has 1 saturated heterocycles. The Balaban J connectivity index is 1.42. The summed E-state index contributed by atoms with van der Waals surface area (Å²) in [5.74, 6) is 0.825. The molecule has 2 aromatic carbocycles.